The monoisotopic (exact) mass is 146 g/mol. The highest BCUT2D eigenvalue weighted by Crippen LogP contribution is 1.95. The SMILES string of the molecule is CC1CNC(=O)NC1=O.O. The molecule has 0 radical (unpaired) electrons. The van der Waals surface area contributed by atoms with E-state index in [2.05, 4.69) is 10.6 Å². The van der Waals surface area contributed by atoms with Crippen molar-refractivity contribution in [3.05, 3.63) is 0 Å². The Morgan fingerprint density at radius 3 is 2.50 bits per heavy atom. The van der Waals surface area contributed by atoms with Crippen molar-refractivity contribution >= 4 is 11.9 Å². The van der Waals surface area contributed by atoms with E-state index in [9.17, 15) is 9.59 Å². The molecule has 1 unspecified atom stereocenters. The van der Waals surface area contributed by atoms with E-state index in [4.69, 9.17) is 0 Å². The van der Waals surface area contributed by atoms with E-state index in [1.165, 1.54) is 0 Å². The van der Waals surface area contributed by atoms with Crippen molar-refractivity contribution in [2.45, 2.75) is 6.92 Å². The van der Waals surface area contributed by atoms with Crippen LogP contribution in [-0.2, 0) is 4.79 Å². The maximum atomic E-state index is 10.6. The maximum absolute atomic E-state index is 10.6. The van der Waals surface area contributed by atoms with Crippen molar-refractivity contribution in [2.75, 3.05) is 6.54 Å². The Morgan fingerprint density at radius 2 is 2.10 bits per heavy atom. The van der Waals surface area contributed by atoms with Gasteiger partial charge in [0.2, 0.25) is 5.91 Å². The Bertz CT molecular complexity index is 157. The first-order chi connectivity index (χ1) is 4.20. The van der Waals surface area contributed by atoms with Crippen LogP contribution in [0, 0.1) is 5.92 Å². The van der Waals surface area contributed by atoms with Gasteiger partial charge in [-0.3, -0.25) is 10.1 Å². The second-order valence-electron chi connectivity index (χ2n) is 2.10. The van der Waals surface area contributed by atoms with Gasteiger partial charge in [-0.1, -0.05) is 6.92 Å². The van der Waals surface area contributed by atoms with Crippen molar-refractivity contribution in [3.63, 3.8) is 0 Å². The van der Waals surface area contributed by atoms with E-state index in [0.717, 1.165) is 0 Å². The highest BCUT2D eigenvalue weighted by atomic mass is 16.2. The van der Waals surface area contributed by atoms with Crippen molar-refractivity contribution in [1.82, 2.24) is 10.6 Å². The molecule has 0 saturated carbocycles. The van der Waals surface area contributed by atoms with E-state index in [1.807, 2.05) is 0 Å². The van der Waals surface area contributed by atoms with Crippen LogP contribution in [0.2, 0.25) is 0 Å². The maximum Gasteiger partial charge on any atom is 0.321 e. The van der Waals surface area contributed by atoms with E-state index in [0.29, 0.717) is 6.54 Å². The molecule has 1 aliphatic heterocycles. The summed E-state index contributed by atoms with van der Waals surface area (Å²) in [5.74, 6) is -0.290. The molecule has 0 aromatic carbocycles. The Kier molecular flexibility index (Phi) is 2.82. The topological polar surface area (TPSA) is 89.7 Å². The third-order valence-electron chi connectivity index (χ3n) is 1.25. The largest absolute Gasteiger partial charge is 0.412 e. The molecule has 0 bridgehead atoms. The lowest BCUT2D eigenvalue weighted by atomic mass is 10.1. The number of hydrogen-bond acceptors (Lipinski definition) is 2. The molecular formula is C5H10N2O3. The van der Waals surface area contributed by atoms with Gasteiger partial charge in [0, 0.05) is 6.54 Å². The third-order valence-corrected chi connectivity index (χ3v) is 1.25. The van der Waals surface area contributed by atoms with Crippen molar-refractivity contribution in [2.24, 2.45) is 5.92 Å². The summed E-state index contributed by atoms with van der Waals surface area (Å²) in [6.07, 6.45) is 0. The summed E-state index contributed by atoms with van der Waals surface area (Å²) in [7, 11) is 0. The summed E-state index contributed by atoms with van der Waals surface area (Å²) >= 11 is 0. The zero-order valence-electron chi connectivity index (χ0n) is 5.60. The molecule has 1 aliphatic rings. The van der Waals surface area contributed by atoms with Crippen molar-refractivity contribution in [1.29, 1.82) is 0 Å². The van der Waals surface area contributed by atoms with Crippen LogP contribution in [0.15, 0.2) is 0 Å². The minimum atomic E-state index is -0.391. The predicted octanol–water partition coefficient (Wildman–Crippen LogP) is -1.36. The fourth-order valence-corrected chi connectivity index (χ4v) is 0.618. The van der Waals surface area contributed by atoms with E-state index < -0.39 is 6.03 Å². The molecule has 10 heavy (non-hydrogen) atoms. The number of amides is 3. The Labute approximate surface area is 58.1 Å². The molecular weight excluding hydrogens is 136 g/mol. The van der Waals surface area contributed by atoms with Gasteiger partial charge in [0.15, 0.2) is 0 Å². The van der Waals surface area contributed by atoms with E-state index in [1.54, 1.807) is 6.92 Å². The molecule has 0 aromatic rings. The summed E-state index contributed by atoms with van der Waals surface area (Å²) in [6, 6.07) is -0.391. The van der Waals surface area contributed by atoms with Gasteiger partial charge >= 0.3 is 6.03 Å². The molecule has 5 nitrogen and oxygen atoms in total. The molecule has 1 atom stereocenters. The Balaban J connectivity index is 0.000000810. The van der Waals surface area contributed by atoms with Crippen LogP contribution in [0.4, 0.5) is 4.79 Å². The summed E-state index contributed by atoms with van der Waals surface area (Å²) < 4.78 is 0. The minimum absolute atomic E-state index is 0. The lowest BCUT2D eigenvalue weighted by Gasteiger charge is -2.17. The van der Waals surface area contributed by atoms with E-state index >= 15 is 0 Å². The summed E-state index contributed by atoms with van der Waals surface area (Å²) in [6.45, 7) is 2.21. The van der Waals surface area contributed by atoms with Gasteiger partial charge in [-0.15, -0.1) is 0 Å². The van der Waals surface area contributed by atoms with Gasteiger partial charge in [0.25, 0.3) is 0 Å². The number of rotatable bonds is 0. The van der Waals surface area contributed by atoms with Gasteiger partial charge < -0.3 is 10.8 Å². The molecule has 1 fully saturated rings. The first-order valence-corrected chi connectivity index (χ1v) is 2.79. The van der Waals surface area contributed by atoms with Gasteiger partial charge in [-0.2, -0.15) is 0 Å². The molecule has 0 aliphatic carbocycles. The van der Waals surface area contributed by atoms with Crippen LogP contribution in [0.1, 0.15) is 6.92 Å². The minimum Gasteiger partial charge on any atom is -0.412 e. The van der Waals surface area contributed by atoms with Crippen LogP contribution >= 0.6 is 0 Å². The molecule has 0 aromatic heterocycles. The molecule has 5 heteroatoms. The van der Waals surface area contributed by atoms with Crippen molar-refractivity contribution < 1.29 is 15.1 Å². The number of carbonyl (C=O) groups excluding carboxylic acids is 2. The smallest absolute Gasteiger partial charge is 0.321 e. The number of imide groups is 1. The van der Waals surface area contributed by atoms with Crippen LogP contribution in [-0.4, -0.2) is 24.0 Å². The first kappa shape index (κ1) is 8.90. The van der Waals surface area contributed by atoms with Crippen molar-refractivity contribution in [3.8, 4) is 0 Å². The van der Waals surface area contributed by atoms with Crippen LogP contribution in [0.25, 0.3) is 0 Å². The zero-order chi connectivity index (χ0) is 6.85. The second kappa shape index (κ2) is 3.17. The second-order valence-corrected chi connectivity index (χ2v) is 2.10. The fourth-order valence-electron chi connectivity index (χ4n) is 0.618. The highest BCUT2D eigenvalue weighted by Gasteiger charge is 2.20. The number of urea groups is 1. The number of carbonyl (C=O) groups is 2. The van der Waals surface area contributed by atoms with Crippen LogP contribution < -0.4 is 10.6 Å². The van der Waals surface area contributed by atoms with Gasteiger partial charge in [0.05, 0.1) is 5.92 Å². The third kappa shape index (κ3) is 1.70. The van der Waals surface area contributed by atoms with Crippen LogP contribution in [0.5, 0.6) is 0 Å². The quantitative estimate of drug-likeness (QED) is 0.441. The van der Waals surface area contributed by atoms with E-state index in [-0.39, 0.29) is 17.3 Å². The fraction of sp³-hybridized carbons (Fsp3) is 0.600. The van der Waals surface area contributed by atoms with Gasteiger partial charge in [0.1, 0.15) is 0 Å². The predicted molar refractivity (Wildman–Crippen MR) is 34.3 cm³/mol. The number of nitrogens with one attached hydrogen (secondary N) is 2. The number of hydrogen-bond donors (Lipinski definition) is 2. The molecule has 3 amide bonds. The van der Waals surface area contributed by atoms with Gasteiger partial charge in [-0.25, -0.2) is 4.79 Å². The van der Waals surface area contributed by atoms with Gasteiger partial charge in [-0.05, 0) is 0 Å². The first-order valence-electron chi connectivity index (χ1n) is 2.79. The Hall–Kier alpha value is -1.10. The highest BCUT2D eigenvalue weighted by molar-refractivity contribution is 5.97. The molecule has 1 heterocycles. The summed E-state index contributed by atoms with van der Waals surface area (Å²) in [5, 5.41) is 4.63. The molecule has 0 spiro atoms. The molecule has 58 valence electrons. The zero-order valence-corrected chi connectivity index (χ0v) is 5.60. The average Bonchev–Trinajstić information content (AvgIpc) is 1.80. The lowest BCUT2D eigenvalue weighted by Crippen LogP contribution is -2.51. The average molecular weight is 146 g/mol. The normalized spacial score (nSPS) is 24.3. The standard InChI is InChI=1S/C5H8N2O2.H2O/c1-3-2-6-5(9)7-4(3)8;/h3H,2H2,1H3,(H2,6,7,8,9);1H2. The molecule has 1 saturated heterocycles. The lowest BCUT2D eigenvalue weighted by molar-refractivity contribution is -0.123. The summed E-state index contributed by atoms with van der Waals surface area (Å²) in [5.41, 5.74) is 0. The molecule has 4 N–H and O–H groups in total. The summed E-state index contributed by atoms with van der Waals surface area (Å²) in [4.78, 5) is 21.0. The molecule has 1 rings (SSSR count). The van der Waals surface area contributed by atoms with Crippen LogP contribution in [0.3, 0.4) is 0 Å². The Morgan fingerprint density at radius 1 is 1.50 bits per heavy atom.